The van der Waals surface area contributed by atoms with Crippen molar-refractivity contribution in [3.63, 3.8) is 0 Å². The Kier molecular flexibility index (Phi) is 7.85. The van der Waals surface area contributed by atoms with Crippen LogP contribution in [-0.2, 0) is 4.74 Å². The summed E-state index contributed by atoms with van der Waals surface area (Å²) in [4.78, 5) is 11.2. The molecule has 0 aromatic heterocycles. The second kappa shape index (κ2) is 8.62. The maximum atomic E-state index is 11.2. The minimum Gasteiger partial charge on any atom is -0.441 e. The molecule has 0 saturated carbocycles. The molecular weight excluding hydrogens is 214 g/mol. The smallest absolute Gasteiger partial charge is 0.407 e. The standard InChI is InChI=1S/C12H17NO2.C2H6/c1-4-6-7-10(5-2)11-8-9(3)13-12(14)15-11;1-2/h4-7,9,11H,2,8H2,1,3H3,(H,13,14);1-2H3/b6-4-,10-7+;. The number of allylic oxidation sites excluding steroid dienone is 3. The monoisotopic (exact) mass is 237 g/mol. The Hall–Kier alpha value is -1.51. The second-order valence-corrected chi connectivity index (χ2v) is 3.57. The fraction of sp³-hybridized carbons (Fsp3) is 0.500. The molecule has 0 aliphatic carbocycles. The summed E-state index contributed by atoms with van der Waals surface area (Å²) in [6.45, 7) is 11.6. The van der Waals surface area contributed by atoms with Gasteiger partial charge in [0.05, 0.1) is 0 Å². The molecule has 1 rings (SSSR count). The largest absolute Gasteiger partial charge is 0.441 e. The normalized spacial score (nSPS) is 24.5. The van der Waals surface area contributed by atoms with Crippen molar-refractivity contribution >= 4 is 6.09 Å². The molecule has 0 aromatic rings. The molecule has 0 aromatic carbocycles. The molecule has 1 aliphatic heterocycles. The summed E-state index contributed by atoms with van der Waals surface area (Å²) in [5.41, 5.74) is 0.940. The first-order valence-corrected chi connectivity index (χ1v) is 6.09. The Morgan fingerprint density at radius 3 is 2.65 bits per heavy atom. The topological polar surface area (TPSA) is 38.3 Å². The van der Waals surface area contributed by atoms with Crippen LogP contribution in [0.4, 0.5) is 4.79 Å². The summed E-state index contributed by atoms with van der Waals surface area (Å²) in [5, 5.41) is 2.70. The van der Waals surface area contributed by atoms with Crippen molar-refractivity contribution in [3.05, 3.63) is 36.5 Å². The van der Waals surface area contributed by atoms with Crippen molar-refractivity contribution in [1.29, 1.82) is 0 Å². The molecule has 2 unspecified atom stereocenters. The lowest BCUT2D eigenvalue weighted by Crippen LogP contribution is -2.44. The van der Waals surface area contributed by atoms with E-state index in [1.807, 2.05) is 45.9 Å². The summed E-state index contributed by atoms with van der Waals surface area (Å²) >= 11 is 0. The highest BCUT2D eigenvalue weighted by atomic mass is 16.6. The number of hydrogen-bond acceptors (Lipinski definition) is 2. The van der Waals surface area contributed by atoms with Gasteiger partial charge in [0.25, 0.3) is 0 Å². The van der Waals surface area contributed by atoms with Crippen LogP contribution in [0.25, 0.3) is 0 Å². The molecule has 3 nitrogen and oxygen atoms in total. The Bertz CT molecular complexity index is 305. The van der Waals surface area contributed by atoms with Gasteiger partial charge >= 0.3 is 6.09 Å². The number of hydrogen-bond donors (Lipinski definition) is 1. The second-order valence-electron chi connectivity index (χ2n) is 3.57. The highest BCUT2D eigenvalue weighted by Gasteiger charge is 2.26. The third-order valence-electron chi connectivity index (χ3n) is 2.27. The fourth-order valence-corrected chi connectivity index (χ4v) is 1.51. The number of amides is 1. The van der Waals surface area contributed by atoms with E-state index in [2.05, 4.69) is 11.9 Å². The molecule has 1 N–H and O–H groups in total. The Morgan fingerprint density at radius 2 is 2.18 bits per heavy atom. The van der Waals surface area contributed by atoms with Crippen LogP contribution in [-0.4, -0.2) is 18.2 Å². The van der Waals surface area contributed by atoms with Crippen LogP contribution in [0.15, 0.2) is 36.5 Å². The quantitative estimate of drug-likeness (QED) is 0.762. The molecule has 2 atom stereocenters. The van der Waals surface area contributed by atoms with E-state index in [0.29, 0.717) is 0 Å². The van der Waals surface area contributed by atoms with Gasteiger partial charge in [0, 0.05) is 12.5 Å². The number of carbonyl (C=O) groups is 1. The van der Waals surface area contributed by atoms with E-state index in [1.165, 1.54) is 0 Å². The van der Waals surface area contributed by atoms with E-state index >= 15 is 0 Å². The van der Waals surface area contributed by atoms with Gasteiger partial charge in [-0.1, -0.05) is 44.7 Å². The van der Waals surface area contributed by atoms with Gasteiger partial charge in [-0.15, -0.1) is 0 Å². The summed E-state index contributed by atoms with van der Waals surface area (Å²) in [7, 11) is 0. The molecule has 0 bridgehead atoms. The average molecular weight is 237 g/mol. The van der Waals surface area contributed by atoms with Crippen LogP contribution in [0.1, 0.15) is 34.1 Å². The maximum absolute atomic E-state index is 11.2. The number of cyclic esters (lactones) is 1. The van der Waals surface area contributed by atoms with Gasteiger partial charge in [0.15, 0.2) is 0 Å². The summed E-state index contributed by atoms with van der Waals surface area (Å²) in [6.07, 6.45) is 7.74. The minimum absolute atomic E-state index is 0.144. The third-order valence-corrected chi connectivity index (χ3v) is 2.27. The Morgan fingerprint density at radius 1 is 1.53 bits per heavy atom. The molecule has 1 saturated heterocycles. The van der Waals surface area contributed by atoms with Crippen LogP contribution in [0.2, 0.25) is 0 Å². The minimum atomic E-state index is -0.355. The number of ether oxygens (including phenoxy) is 1. The van der Waals surface area contributed by atoms with Gasteiger partial charge in [0.2, 0.25) is 0 Å². The van der Waals surface area contributed by atoms with Gasteiger partial charge < -0.3 is 10.1 Å². The first kappa shape index (κ1) is 15.5. The van der Waals surface area contributed by atoms with Crippen LogP contribution in [0.5, 0.6) is 0 Å². The summed E-state index contributed by atoms with van der Waals surface area (Å²) in [6, 6.07) is 0.144. The van der Waals surface area contributed by atoms with E-state index in [1.54, 1.807) is 6.08 Å². The zero-order chi connectivity index (χ0) is 13.3. The van der Waals surface area contributed by atoms with Crippen molar-refractivity contribution in [2.45, 2.75) is 46.3 Å². The molecule has 0 radical (unpaired) electrons. The molecule has 96 valence electrons. The van der Waals surface area contributed by atoms with Crippen molar-refractivity contribution in [2.24, 2.45) is 0 Å². The SMILES string of the molecule is C=C/C(=C\C=C/C)C1CC(C)NC(=O)O1.CC. The molecule has 0 spiro atoms. The third kappa shape index (κ3) is 5.38. The highest BCUT2D eigenvalue weighted by molar-refractivity contribution is 5.69. The van der Waals surface area contributed by atoms with Gasteiger partial charge in [0.1, 0.15) is 6.10 Å². The van der Waals surface area contributed by atoms with E-state index in [0.717, 1.165) is 12.0 Å². The van der Waals surface area contributed by atoms with Crippen molar-refractivity contribution in [2.75, 3.05) is 0 Å². The van der Waals surface area contributed by atoms with Crippen LogP contribution < -0.4 is 5.32 Å². The van der Waals surface area contributed by atoms with E-state index in [9.17, 15) is 4.79 Å². The van der Waals surface area contributed by atoms with Crippen LogP contribution in [0, 0.1) is 0 Å². The average Bonchev–Trinajstić information content (AvgIpc) is 2.31. The number of nitrogens with one attached hydrogen (secondary N) is 1. The predicted octanol–water partition coefficient (Wildman–Crippen LogP) is 3.59. The molecule has 17 heavy (non-hydrogen) atoms. The molecule has 3 heteroatoms. The Labute approximate surface area is 104 Å². The first-order chi connectivity index (χ1) is 8.17. The van der Waals surface area contributed by atoms with Crippen LogP contribution >= 0.6 is 0 Å². The lowest BCUT2D eigenvalue weighted by Gasteiger charge is -2.28. The molecule has 1 amide bonds. The van der Waals surface area contributed by atoms with Crippen molar-refractivity contribution < 1.29 is 9.53 Å². The molecular formula is C14H23NO2. The zero-order valence-corrected chi connectivity index (χ0v) is 11.2. The fourth-order valence-electron chi connectivity index (χ4n) is 1.51. The predicted molar refractivity (Wildman–Crippen MR) is 71.9 cm³/mol. The van der Waals surface area contributed by atoms with Gasteiger partial charge in [-0.05, 0) is 19.4 Å². The van der Waals surface area contributed by atoms with E-state index < -0.39 is 0 Å². The number of alkyl carbamates (subject to hydrolysis) is 1. The summed E-state index contributed by atoms with van der Waals surface area (Å²) in [5.74, 6) is 0. The highest BCUT2D eigenvalue weighted by Crippen LogP contribution is 2.18. The van der Waals surface area contributed by atoms with Crippen molar-refractivity contribution in [1.82, 2.24) is 5.32 Å². The number of carbonyl (C=O) groups excluding carboxylic acids is 1. The van der Waals surface area contributed by atoms with E-state index in [-0.39, 0.29) is 18.2 Å². The maximum Gasteiger partial charge on any atom is 0.407 e. The Balaban J connectivity index is 0.00000121. The molecule has 1 heterocycles. The lowest BCUT2D eigenvalue weighted by atomic mass is 10.0. The first-order valence-electron chi connectivity index (χ1n) is 6.09. The van der Waals surface area contributed by atoms with Gasteiger partial charge in [-0.2, -0.15) is 0 Å². The summed E-state index contributed by atoms with van der Waals surface area (Å²) < 4.78 is 5.18. The van der Waals surface area contributed by atoms with Gasteiger partial charge in [-0.3, -0.25) is 0 Å². The number of rotatable bonds is 3. The molecule has 1 fully saturated rings. The lowest BCUT2D eigenvalue weighted by molar-refractivity contribution is 0.0812. The van der Waals surface area contributed by atoms with E-state index in [4.69, 9.17) is 4.74 Å². The zero-order valence-electron chi connectivity index (χ0n) is 11.2. The van der Waals surface area contributed by atoms with Crippen molar-refractivity contribution in [3.8, 4) is 0 Å². The van der Waals surface area contributed by atoms with Gasteiger partial charge in [-0.25, -0.2) is 4.79 Å². The van der Waals surface area contributed by atoms with Crippen LogP contribution in [0.3, 0.4) is 0 Å². The molecule has 1 aliphatic rings.